The number of piperidine rings is 1. The SMILES string of the molecule is O=C(NC1CCN(C(=O)c2ccccn2)CC1)c1ccc(F)c(F)c1. The fraction of sp³-hybridized carbons (Fsp3) is 0.278. The van der Waals surface area contributed by atoms with Crippen molar-refractivity contribution in [3.05, 3.63) is 65.5 Å². The van der Waals surface area contributed by atoms with Crippen molar-refractivity contribution in [2.75, 3.05) is 13.1 Å². The number of carbonyl (C=O) groups excluding carboxylic acids is 2. The van der Waals surface area contributed by atoms with Gasteiger partial charge in [-0.3, -0.25) is 14.6 Å². The molecule has 0 unspecified atom stereocenters. The van der Waals surface area contributed by atoms with Gasteiger partial charge in [-0.05, 0) is 43.2 Å². The average molecular weight is 345 g/mol. The minimum Gasteiger partial charge on any atom is -0.349 e. The average Bonchev–Trinajstić information content (AvgIpc) is 2.64. The summed E-state index contributed by atoms with van der Waals surface area (Å²) in [7, 11) is 0. The van der Waals surface area contributed by atoms with Crippen LogP contribution in [-0.4, -0.2) is 40.8 Å². The zero-order valence-electron chi connectivity index (χ0n) is 13.4. The first-order chi connectivity index (χ1) is 12.0. The van der Waals surface area contributed by atoms with Gasteiger partial charge in [0.25, 0.3) is 11.8 Å². The van der Waals surface area contributed by atoms with E-state index in [1.165, 1.54) is 6.07 Å². The zero-order chi connectivity index (χ0) is 17.8. The third-order valence-electron chi connectivity index (χ3n) is 4.18. The Bertz CT molecular complexity index is 775. The molecule has 1 N–H and O–H groups in total. The standard InChI is InChI=1S/C18H17F2N3O2/c19-14-5-4-12(11-15(14)20)17(24)22-13-6-9-23(10-7-13)18(25)16-3-1-2-8-21-16/h1-5,8,11,13H,6-7,9-10H2,(H,22,24). The number of nitrogens with one attached hydrogen (secondary N) is 1. The molecule has 1 fully saturated rings. The van der Waals surface area contributed by atoms with Gasteiger partial charge in [0.1, 0.15) is 5.69 Å². The predicted molar refractivity (Wildman–Crippen MR) is 87.0 cm³/mol. The molecule has 1 saturated heterocycles. The lowest BCUT2D eigenvalue weighted by Crippen LogP contribution is -2.46. The number of amides is 2. The van der Waals surface area contributed by atoms with E-state index in [1.54, 1.807) is 29.3 Å². The molecule has 0 saturated carbocycles. The first-order valence-corrected chi connectivity index (χ1v) is 8.01. The Morgan fingerprint density at radius 1 is 1.08 bits per heavy atom. The van der Waals surface area contributed by atoms with Crippen molar-refractivity contribution in [2.45, 2.75) is 18.9 Å². The number of hydrogen-bond acceptors (Lipinski definition) is 3. The van der Waals surface area contributed by atoms with Crippen LogP contribution in [0.25, 0.3) is 0 Å². The van der Waals surface area contributed by atoms with E-state index < -0.39 is 17.5 Å². The number of carbonyl (C=O) groups is 2. The summed E-state index contributed by atoms with van der Waals surface area (Å²) in [5, 5.41) is 2.80. The van der Waals surface area contributed by atoms with E-state index in [9.17, 15) is 18.4 Å². The van der Waals surface area contributed by atoms with Gasteiger partial charge in [-0.25, -0.2) is 8.78 Å². The van der Waals surface area contributed by atoms with Crippen molar-refractivity contribution in [2.24, 2.45) is 0 Å². The van der Waals surface area contributed by atoms with Gasteiger partial charge in [-0.1, -0.05) is 6.07 Å². The van der Waals surface area contributed by atoms with Crippen LogP contribution in [0, 0.1) is 11.6 Å². The number of aromatic nitrogens is 1. The highest BCUT2D eigenvalue weighted by Crippen LogP contribution is 2.15. The molecule has 5 nitrogen and oxygen atoms in total. The first-order valence-electron chi connectivity index (χ1n) is 8.01. The van der Waals surface area contributed by atoms with Crippen molar-refractivity contribution in [1.29, 1.82) is 0 Å². The molecule has 2 aromatic rings. The van der Waals surface area contributed by atoms with Gasteiger partial charge < -0.3 is 10.2 Å². The molecule has 1 aromatic carbocycles. The molecular weight excluding hydrogens is 328 g/mol. The van der Waals surface area contributed by atoms with Crippen LogP contribution in [-0.2, 0) is 0 Å². The van der Waals surface area contributed by atoms with Gasteiger partial charge in [0, 0.05) is 30.9 Å². The lowest BCUT2D eigenvalue weighted by atomic mass is 10.0. The molecule has 0 radical (unpaired) electrons. The summed E-state index contributed by atoms with van der Waals surface area (Å²) >= 11 is 0. The van der Waals surface area contributed by atoms with Crippen molar-refractivity contribution >= 4 is 11.8 Å². The predicted octanol–water partition coefficient (Wildman–Crippen LogP) is 2.39. The molecule has 1 aliphatic rings. The number of likely N-dealkylation sites (tertiary alicyclic amines) is 1. The van der Waals surface area contributed by atoms with Crippen molar-refractivity contribution in [3.63, 3.8) is 0 Å². The fourth-order valence-corrected chi connectivity index (χ4v) is 2.78. The summed E-state index contributed by atoms with van der Waals surface area (Å²) in [5.74, 6) is -2.62. The van der Waals surface area contributed by atoms with Gasteiger partial charge in [0.2, 0.25) is 0 Å². The Balaban J connectivity index is 1.54. The van der Waals surface area contributed by atoms with Crippen molar-refractivity contribution in [1.82, 2.24) is 15.2 Å². The van der Waals surface area contributed by atoms with E-state index in [1.807, 2.05) is 0 Å². The third-order valence-corrected chi connectivity index (χ3v) is 4.18. The van der Waals surface area contributed by atoms with Crippen LogP contribution in [0.4, 0.5) is 8.78 Å². The van der Waals surface area contributed by atoms with Crippen LogP contribution in [0.5, 0.6) is 0 Å². The van der Waals surface area contributed by atoms with E-state index in [4.69, 9.17) is 0 Å². The molecule has 0 spiro atoms. The number of halogens is 2. The second kappa shape index (κ2) is 7.38. The molecule has 0 bridgehead atoms. The Morgan fingerprint density at radius 2 is 1.84 bits per heavy atom. The molecule has 25 heavy (non-hydrogen) atoms. The molecule has 130 valence electrons. The second-order valence-corrected chi connectivity index (χ2v) is 5.88. The molecule has 2 heterocycles. The van der Waals surface area contributed by atoms with E-state index in [0.717, 1.165) is 12.1 Å². The summed E-state index contributed by atoms with van der Waals surface area (Å²) < 4.78 is 26.1. The van der Waals surface area contributed by atoms with Crippen LogP contribution in [0.15, 0.2) is 42.6 Å². The number of pyridine rings is 1. The molecule has 7 heteroatoms. The van der Waals surface area contributed by atoms with E-state index in [-0.39, 0.29) is 17.5 Å². The fourth-order valence-electron chi connectivity index (χ4n) is 2.78. The molecule has 0 aliphatic carbocycles. The Morgan fingerprint density at radius 3 is 2.48 bits per heavy atom. The maximum Gasteiger partial charge on any atom is 0.272 e. The normalized spacial score (nSPS) is 15.0. The smallest absolute Gasteiger partial charge is 0.272 e. The summed E-state index contributed by atoms with van der Waals surface area (Å²) in [6.45, 7) is 0.996. The highest BCUT2D eigenvalue weighted by atomic mass is 19.2. The lowest BCUT2D eigenvalue weighted by Gasteiger charge is -2.32. The van der Waals surface area contributed by atoms with Crippen LogP contribution in [0.1, 0.15) is 33.7 Å². The molecule has 0 atom stereocenters. The van der Waals surface area contributed by atoms with Gasteiger partial charge in [0.05, 0.1) is 0 Å². The lowest BCUT2D eigenvalue weighted by molar-refractivity contribution is 0.0692. The number of nitrogens with zero attached hydrogens (tertiary/aromatic N) is 2. The second-order valence-electron chi connectivity index (χ2n) is 5.88. The summed E-state index contributed by atoms with van der Waals surface area (Å²) in [4.78, 5) is 30.2. The number of benzene rings is 1. The van der Waals surface area contributed by atoms with Crippen LogP contribution in [0.2, 0.25) is 0 Å². The first kappa shape index (κ1) is 17.0. The maximum atomic E-state index is 13.2. The number of rotatable bonds is 3. The molecule has 1 aliphatic heterocycles. The maximum absolute atomic E-state index is 13.2. The minimum absolute atomic E-state index is 0.0749. The highest BCUT2D eigenvalue weighted by Gasteiger charge is 2.25. The molecular formula is C18H17F2N3O2. The van der Waals surface area contributed by atoms with Gasteiger partial charge in [-0.15, -0.1) is 0 Å². The third kappa shape index (κ3) is 3.99. The Hall–Kier alpha value is -2.83. The molecule has 2 amide bonds. The van der Waals surface area contributed by atoms with Crippen LogP contribution >= 0.6 is 0 Å². The van der Waals surface area contributed by atoms with Crippen LogP contribution < -0.4 is 5.32 Å². The van der Waals surface area contributed by atoms with Crippen LogP contribution in [0.3, 0.4) is 0 Å². The largest absolute Gasteiger partial charge is 0.349 e. The summed E-state index contributed by atoms with van der Waals surface area (Å²) in [5.41, 5.74) is 0.470. The quantitative estimate of drug-likeness (QED) is 0.929. The van der Waals surface area contributed by atoms with Gasteiger partial charge in [0.15, 0.2) is 11.6 Å². The van der Waals surface area contributed by atoms with Crippen molar-refractivity contribution in [3.8, 4) is 0 Å². The van der Waals surface area contributed by atoms with E-state index >= 15 is 0 Å². The number of hydrogen-bond donors (Lipinski definition) is 1. The topological polar surface area (TPSA) is 62.3 Å². The Kier molecular flexibility index (Phi) is 5.02. The molecule has 3 rings (SSSR count). The van der Waals surface area contributed by atoms with Gasteiger partial charge in [-0.2, -0.15) is 0 Å². The van der Waals surface area contributed by atoms with E-state index in [2.05, 4.69) is 10.3 Å². The monoisotopic (exact) mass is 345 g/mol. The van der Waals surface area contributed by atoms with Crippen molar-refractivity contribution < 1.29 is 18.4 Å². The summed E-state index contributed by atoms with van der Waals surface area (Å²) in [6.07, 6.45) is 2.75. The molecule has 1 aromatic heterocycles. The summed E-state index contributed by atoms with van der Waals surface area (Å²) in [6, 6.07) is 8.11. The highest BCUT2D eigenvalue weighted by molar-refractivity contribution is 5.94. The Labute approximate surface area is 143 Å². The van der Waals surface area contributed by atoms with E-state index in [0.29, 0.717) is 31.6 Å². The minimum atomic E-state index is -1.05. The van der Waals surface area contributed by atoms with Gasteiger partial charge >= 0.3 is 0 Å². The zero-order valence-corrected chi connectivity index (χ0v) is 13.4.